The first kappa shape index (κ1) is 15.2. The molecular formula is C15H16Br2N2O. The Bertz CT molecular complexity index is 602. The van der Waals surface area contributed by atoms with E-state index in [2.05, 4.69) is 44.1 Å². The monoisotopic (exact) mass is 398 g/mol. The van der Waals surface area contributed by atoms with E-state index < -0.39 is 0 Å². The fourth-order valence-electron chi connectivity index (χ4n) is 1.73. The van der Waals surface area contributed by atoms with Crippen molar-refractivity contribution < 1.29 is 4.74 Å². The van der Waals surface area contributed by atoms with Gasteiger partial charge in [0.15, 0.2) is 0 Å². The van der Waals surface area contributed by atoms with E-state index in [1.165, 1.54) is 0 Å². The number of hydrogen-bond donors (Lipinski definition) is 2. The fourth-order valence-corrected chi connectivity index (χ4v) is 2.44. The van der Waals surface area contributed by atoms with Gasteiger partial charge in [-0.3, -0.25) is 0 Å². The van der Waals surface area contributed by atoms with Gasteiger partial charge in [0.1, 0.15) is 5.75 Å². The Morgan fingerprint density at radius 3 is 2.70 bits per heavy atom. The summed E-state index contributed by atoms with van der Waals surface area (Å²) < 4.78 is 7.60. The molecule has 2 aromatic carbocycles. The molecule has 0 aliphatic carbocycles. The lowest BCUT2D eigenvalue weighted by Gasteiger charge is -2.14. The summed E-state index contributed by atoms with van der Waals surface area (Å²) in [4.78, 5) is 0. The van der Waals surface area contributed by atoms with Gasteiger partial charge in [0.25, 0.3) is 0 Å². The van der Waals surface area contributed by atoms with E-state index in [1.807, 2.05) is 36.4 Å². The Balaban J connectivity index is 2.27. The van der Waals surface area contributed by atoms with Gasteiger partial charge in [-0.15, -0.1) is 0 Å². The summed E-state index contributed by atoms with van der Waals surface area (Å²) >= 11 is 6.98. The molecule has 3 nitrogen and oxygen atoms in total. The lowest BCUT2D eigenvalue weighted by Crippen LogP contribution is -2.02. The number of ether oxygens (including phenoxy) is 1. The maximum atomic E-state index is 6.15. The molecule has 0 heterocycles. The normalized spacial score (nSPS) is 10.3. The molecule has 0 saturated carbocycles. The lowest BCUT2D eigenvalue weighted by atomic mass is 10.2. The molecule has 0 aromatic heterocycles. The third-order valence-corrected chi connectivity index (χ3v) is 3.91. The SMILES string of the molecule is CCCOc1cccc(Nc2cc(Br)ccc2Br)c1N. The quantitative estimate of drug-likeness (QED) is 0.668. The second kappa shape index (κ2) is 6.99. The van der Waals surface area contributed by atoms with Crippen molar-refractivity contribution in [1.29, 1.82) is 0 Å². The Hall–Kier alpha value is -1.20. The maximum absolute atomic E-state index is 6.15. The zero-order chi connectivity index (χ0) is 14.5. The van der Waals surface area contributed by atoms with Crippen LogP contribution in [0.3, 0.4) is 0 Å². The molecule has 0 saturated heterocycles. The second-order valence-corrected chi connectivity index (χ2v) is 6.09. The molecule has 5 heteroatoms. The van der Waals surface area contributed by atoms with Crippen LogP contribution in [0.1, 0.15) is 13.3 Å². The molecule has 0 amide bonds. The van der Waals surface area contributed by atoms with Gasteiger partial charge in [-0.05, 0) is 52.7 Å². The van der Waals surface area contributed by atoms with E-state index in [9.17, 15) is 0 Å². The Morgan fingerprint density at radius 2 is 1.95 bits per heavy atom. The highest BCUT2D eigenvalue weighted by molar-refractivity contribution is 9.11. The first-order chi connectivity index (χ1) is 9.61. The fraction of sp³-hybridized carbons (Fsp3) is 0.200. The van der Waals surface area contributed by atoms with Crippen LogP contribution in [0.5, 0.6) is 5.75 Å². The molecule has 2 rings (SSSR count). The molecule has 0 fully saturated rings. The summed E-state index contributed by atoms with van der Waals surface area (Å²) in [5, 5.41) is 3.32. The van der Waals surface area contributed by atoms with Crippen molar-refractivity contribution in [3.8, 4) is 5.75 Å². The smallest absolute Gasteiger partial charge is 0.144 e. The number of halogens is 2. The number of nitrogens with one attached hydrogen (secondary N) is 1. The highest BCUT2D eigenvalue weighted by Gasteiger charge is 2.08. The Kier molecular flexibility index (Phi) is 5.31. The molecule has 0 bridgehead atoms. The van der Waals surface area contributed by atoms with Gasteiger partial charge in [0.2, 0.25) is 0 Å². The van der Waals surface area contributed by atoms with E-state index in [0.717, 1.165) is 26.7 Å². The molecule has 106 valence electrons. The van der Waals surface area contributed by atoms with Crippen LogP contribution in [-0.2, 0) is 0 Å². The molecule has 0 atom stereocenters. The molecule has 20 heavy (non-hydrogen) atoms. The van der Waals surface area contributed by atoms with Crippen LogP contribution >= 0.6 is 31.9 Å². The summed E-state index contributed by atoms with van der Waals surface area (Å²) in [5.41, 5.74) is 8.54. The first-order valence-electron chi connectivity index (χ1n) is 6.35. The van der Waals surface area contributed by atoms with Gasteiger partial charge in [0.05, 0.1) is 23.7 Å². The average Bonchev–Trinajstić information content (AvgIpc) is 2.44. The summed E-state index contributed by atoms with van der Waals surface area (Å²) in [6, 6.07) is 11.7. The Morgan fingerprint density at radius 1 is 1.15 bits per heavy atom. The number of hydrogen-bond acceptors (Lipinski definition) is 3. The van der Waals surface area contributed by atoms with E-state index in [1.54, 1.807) is 0 Å². The van der Waals surface area contributed by atoms with Crippen molar-refractivity contribution in [2.24, 2.45) is 0 Å². The predicted molar refractivity (Wildman–Crippen MR) is 91.8 cm³/mol. The summed E-state index contributed by atoms with van der Waals surface area (Å²) in [6.07, 6.45) is 0.953. The summed E-state index contributed by atoms with van der Waals surface area (Å²) in [7, 11) is 0. The lowest BCUT2D eigenvalue weighted by molar-refractivity contribution is 0.319. The average molecular weight is 400 g/mol. The van der Waals surface area contributed by atoms with Crippen LogP contribution in [0.25, 0.3) is 0 Å². The van der Waals surface area contributed by atoms with Gasteiger partial charge in [-0.25, -0.2) is 0 Å². The molecule has 3 N–H and O–H groups in total. The van der Waals surface area contributed by atoms with Gasteiger partial charge in [0, 0.05) is 8.95 Å². The van der Waals surface area contributed by atoms with E-state index >= 15 is 0 Å². The molecule has 0 aliphatic heterocycles. The standard InChI is InChI=1S/C15H16Br2N2O/c1-2-8-20-14-5-3-4-12(15(14)18)19-13-9-10(16)6-7-11(13)17/h3-7,9,19H,2,8,18H2,1H3. The number of para-hydroxylation sites is 1. The zero-order valence-electron chi connectivity index (χ0n) is 11.1. The first-order valence-corrected chi connectivity index (χ1v) is 7.93. The van der Waals surface area contributed by atoms with Crippen LogP contribution in [0.2, 0.25) is 0 Å². The highest BCUT2D eigenvalue weighted by Crippen LogP contribution is 2.35. The van der Waals surface area contributed by atoms with Gasteiger partial charge >= 0.3 is 0 Å². The van der Waals surface area contributed by atoms with Gasteiger partial charge < -0.3 is 15.8 Å². The minimum Gasteiger partial charge on any atom is -0.491 e. The number of nitrogens with two attached hydrogens (primary N) is 1. The van der Waals surface area contributed by atoms with Crippen LogP contribution < -0.4 is 15.8 Å². The van der Waals surface area contributed by atoms with E-state index in [0.29, 0.717) is 18.0 Å². The van der Waals surface area contributed by atoms with Crippen molar-refractivity contribution in [3.05, 3.63) is 45.3 Å². The van der Waals surface area contributed by atoms with Crippen LogP contribution in [0.4, 0.5) is 17.1 Å². The third-order valence-electron chi connectivity index (χ3n) is 2.73. The maximum Gasteiger partial charge on any atom is 0.144 e. The van der Waals surface area contributed by atoms with Crippen LogP contribution in [0, 0.1) is 0 Å². The summed E-state index contributed by atoms with van der Waals surface area (Å²) in [6.45, 7) is 2.73. The van der Waals surface area contributed by atoms with Crippen molar-refractivity contribution in [1.82, 2.24) is 0 Å². The summed E-state index contributed by atoms with van der Waals surface area (Å²) in [5.74, 6) is 0.711. The molecular weight excluding hydrogens is 384 g/mol. The van der Waals surface area contributed by atoms with Crippen molar-refractivity contribution in [2.45, 2.75) is 13.3 Å². The Labute approximate surface area is 135 Å². The largest absolute Gasteiger partial charge is 0.491 e. The number of benzene rings is 2. The minimum atomic E-state index is 0.618. The molecule has 2 aromatic rings. The number of nitrogen functional groups attached to an aromatic ring is 1. The number of rotatable bonds is 5. The minimum absolute atomic E-state index is 0.618. The van der Waals surface area contributed by atoms with Crippen LogP contribution in [0.15, 0.2) is 45.3 Å². The van der Waals surface area contributed by atoms with Crippen molar-refractivity contribution in [3.63, 3.8) is 0 Å². The molecule has 0 radical (unpaired) electrons. The molecule has 0 unspecified atom stereocenters. The highest BCUT2D eigenvalue weighted by atomic mass is 79.9. The number of anilines is 3. The third kappa shape index (κ3) is 3.67. The van der Waals surface area contributed by atoms with E-state index in [-0.39, 0.29) is 0 Å². The topological polar surface area (TPSA) is 47.3 Å². The van der Waals surface area contributed by atoms with E-state index in [4.69, 9.17) is 10.5 Å². The van der Waals surface area contributed by atoms with Crippen molar-refractivity contribution >= 4 is 48.9 Å². The molecule has 0 spiro atoms. The molecule has 0 aliphatic rings. The predicted octanol–water partition coefficient (Wildman–Crippen LogP) is 5.33. The van der Waals surface area contributed by atoms with Crippen LogP contribution in [-0.4, -0.2) is 6.61 Å². The second-order valence-electron chi connectivity index (χ2n) is 4.32. The van der Waals surface area contributed by atoms with Gasteiger partial charge in [-0.2, -0.15) is 0 Å². The zero-order valence-corrected chi connectivity index (χ0v) is 14.3. The van der Waals surface area contributed by atoms with Crippen molar-refractivity contribution in [2.75, 3.05) is 17.7 Å². The van der Waals surface area contributed by atoms with Gasteiger partial charge in [-0.1, -0.05) is 28.9 Å².